The number of rotatable bonds is 5. The molecule has 2 N–H and O–H groups in total. The standard InChI is InChI=1S/C27H21F2N3O2/c28-20-10-9-18(14-21(20)29)27(34)32-24-15-17(11-12-30-24)26-19(13-16-5-2-1-3-6-16)25-22(31-26)7-4-8-23(25)33/h1-3,5-6,9-12,14-15,31H,4,7-8,13H2,(H,30,32,34). The molecule has 0 saturated heterocycles. The normalized spacial score (nSPS) is 12.9. The number of ketones is 1. The fourth-order valence-electron chi connectivity index (χ4n) is 4.37. The van der Waals surface area contributed by atoms with Gasteiger partial charge in [-0.25, -0.2) is 13.8 Å². The van der Waals surface area contributed by atoms with Crippen molar-refractivity contribution in [3.05, 3.63) is 106 Å². The van der Waals surface area contributed by atoms with Crippen molar-refractivity contribution >= 4 is 17.5 Å². The predicted molar refractivity (Wildman–Crippen MR) is 125 cm³/mol. The summed E-state index contributed by atoms with van der Waals surface area (Å²) in [5.74, 6) is -2.32. The van der Waals surface area contributed by atoms with E-state index in [1.807, 2.05) is 36.4 Å². The van der Waals surface area contributed by atoms with Gasteiger partial charge in [0, 0.05) is 41.4 Å². The molecule has 0 bridgehead atoms. The molecule has 34 heavy (non-hydrogen) atoms. The number of nitrogens with one attached hydrogen (secondary N) is 2. The Hall–Kier alpha value is -4.13. The molecule has 0 atom stereocenters. The van der Waals surface area contributed by atoms with Crippen LogP contribution in [0.25, 0.3) is 11.3 Å². The lowest BCUT2D eigenvalue weighted by Crippen LogP contribution is -2.13. The Balaban J connectivity index is 1.50. The van der Waals surface area contributed by atoms with Crippen molar-refractivity contribution in [2.45, 2.75) is 25.7 Å². The van der Waals surface area contributed by atoms with Gasteiger partial charge >= 0.3 is 0 Å². The third kappa shape index (κ3) is 4.24. The number of aryl methyl sites for hydroxylation is 1. The van der Waals surface area contributed by atoms with Gasteiger partial charge in [-0.1, -0.05) is 30.3 Å². The highest BCUT2D eigenvalue weighted by Gasteiger charge is 2.26. The summed E-state index contributed by atoms with van der Waals surface area (Å²) in [4.78, 5) is 33.0. The zero-order valence-corrected chi connectivity index (χ0v) is 18.2. The van der Waals surface area contributed by atoms with Gasteiger partial charge in [-0.3, -0.25) is 9.59 Å². The van der Waals surface area contributed by atoms with Gasteiger partial charge in [-0.2, -0.15) is 0 Å². The van der Waals surface area contributed by atoms with Crippen molar-refractivity contribution < 1.29 is 18.4 Å². The van der Waals surface area contributed by atoms with E-state index in [4.69, 9.17) is 0 Å². The number of pyridine rings is 1. The molecule has 0 spiro atoms. The second-order valence-electron chi connectivity index (χ2n) is 8.28. The summed E-state index contributed by atoms with van der Waals surface area (Å²) in [7, 11) is 0. The molecule has 5 rings (SSSR count). The van der Waals surface area contributed by atoms with Crippen LogP contribution in [-0.2, 0) is 12.8 Å². The first-order valence-electron chi connectivity index (χ1n) is 11.0. The number of H-pyrrole nitrogens is 1. The molecule has 2 aromatic carbocycles. The second-order valence-corrected chi connectivity index (χ2v) is 8.28. The Morgan fingerprint density at radius 2 is 1.82 bits per heavy atom. The number of carbonyl (C=O) groups is 2. The number of hydrogen-bond acceptors (Lipinski definition) is 3. The third-order valence-electron chi connectivity index (χ3n) is 5.99. The number of aromatic amines is 1. The van der Waals surface area contributed by atoms with E-state index < -0.39 is 17.5 Å². The van der Waals surface area contributed by atoms with Crippen LogP contribution in [0.15, 0.2) is 66.9 Å². The Morgan fingerprint density at radius 3 is 2.62 bits per heavy atom. The van der Waals surface area contributed by atoms with Crippen LogP contribution in [-0.4, -0.2) is 21.7 Å². The molecule has 0 radical (unpaired) electrons. The first kappa shape index (κ1) is 21.7. The summed E-state index contributed by atoms with van der Waals surface area (Å²) in [6.07, 6.45) is 4.28. The molecule has 7 heteroatoms. The van der Waals surface area contributed by atoms with Crippen LogP contribution in [0, 0.1) is 11.6 Å². The molecule has 1 aliphatic rings. The summed E-state index contributed by atoms with van der Waals surface area (Å²) in [5.41, 5.74) is 5.27. The lowest BCUT2D eigenvalue weighted by Gasteiger charge is -2.12. The molecule has 0 saturated carbocycles. The molecule has 0 unspecified atom stereocenters. The second kappa shape index (κ2) is 9.02. The van der Waals surface area contributed by atoms with E-state index in [0.29, 0.717) is 12.8 Å². The highest BCUT2D eigenvalue weighted by molar-refractivity contribution is 6.04. The molecule has 4 aromatic rings. The van der Waals surface area contributed by atoms with Gasteiger partial charge in [0.05, 0.1) is 5.69 Å². The molecule has 170 valence electrons. The molecule has 5 nitrogen and oxygen atoms in total. The summed E-state index contributed by atoms with van der Waals surface area (Å²) in [5, 5.41) is 2.63. The first-order valence-corrected chi connectivity index (χ1v) is 11.0. The molecular formula is C27H21F2N3O2. The predicted octanol–water partition coefficient (Wildman–Crippen LogP) is 5.72. The molecule has 2 aromatic heterocycles. The number of nitrogens with zero attached hydrogens (tertiary/aromatic N) is 1. The monoisotopic (exact) mass is 457 g/mol. The minimum atomic E-state index is -1.10. The number of carbonyl (C=O) groups excluding carboxylic acids is 2. The van der Waals surface area contributed by atoms with Crippen molar-refractivity contribution in [2.75, 3.05) is 5.32 Å². The van der Waals surface area contributed by atoms with Gasteiger partial charge in [-0.15, -0.1) is 0 Å². The summed E-state index contributed by atoms with van der Waals surface area (Å²) in [6.45, 7) is 0. The highest BCUT2D eigenvalue weighted by Crippen LogP contribution is 2.35. The molecule has 0 aliphatic heterocycles. The van der Waals surface area contributed by atoms with Crippen LogP contribution in [0.1, 0.15) is 50.4 Å². The van der Waals surface area contributed by atoms with Crippen LogP contribution in [0.4, 0.5) is 14.6 Å². The molecular weight excluding hydrogens is 436 g/mol. The van der Waals surface area contributed by atoms with Gasteiger partial charge in [0.1, 0.15) is 5.82 Å². The van der Waals surface area contributed by atoms with Gasteiger partial charge in [-0.05, 0) is 54.3 Å². The van der Waals surface area contributed by atoms with E-state index in [1.165, 1.54) is 6.07 Å². The van der Waals surface area contributed by atoms with E-state index in [-0.39, 0.29) is 17.2 Å². The highest BCUT2D eigenvalue weighted by atomic mass is 19.2. The van der Waals surface area contributed by atoms with E-state index in [1.54, 1.807) is 12.3 Å². The fraction of sp³-hybridized carbons (Fsp3) is 0.148. The van der Waals surface area contributed by atoms with Crippen molar-refractivity contribution in [1.29, 1.82) is 0 Å². The van der Waals surface area contributed by atoms with E-state index in [9.17, 15) is 18.4 Å². The quantitative estimate of drug-likeness (QED) is 0.403. The number of fused-ring (bicyclic) bond motifs is 1. The van der Waals surface area contributed by atoms with Crippen molar-refractivity contribution in [3.8, 4) is 11.3 Å². The van der Waals surface area contributed by atoms with Gasteiger partial charge in [0.2, 0.25) is 0 Å². The number of benzene rings is 2. The number of halogens is 2. The Bertz CT molecular complexity index is 1400. The average Bonchev–Trinajstić information content (AvgIpc) is 3.21. The zero-order chi connectivity index (χ0) is 23.7. The van der Waals surface area contributed by atoms with Crippen LogP contribution in [0.5, 0.6) is 0 Å². The number of aromatic nitrogens is 2. The van der Waals surface area contributed by atoms with E-state index in [2.05, 4.69) is 15.3 Å². The minimum Gasteiger partial charge on any atom is -0.358 e. The summed E-state index contributed by atoms with van der Waals surface area (Å²) >= 11 is 0. The maximum absolute atomic E-state index is 13.5. The maximum atomic E-state index is 13.5. The summed E-state index contributed by atoms with van der Waals surface area (Å²) < 4.78 is 26.7. The zero-order valence-electron chi connectivity index (χ0n) is 18.2. The van der Waals surface area contributed by atoms with Crippen molar-refractivity contribution in [1.82, 2.24) is 9.97 Å². The van der Waals surface area contributed by atoms with E-state index in [0.717, 1.165) is 58.6 Å². The minimum absolute atomic E-state index is 0.0168. The Labute approximate surface area is 194 Å². The number of Topliss-reactive ketones (excluding diaryl/α,β-unsaturated/α-hetero) is 1. The molecule has 1 aliphatic carbocycles. The maximum Gasteiger partial charge on any atom is 0.256 e. The van der Waals surface area contributed by atoms with Crippen LogP contribution < -0.4 is 5.32 Å². The van der Waals surface area contributed by atoms with Crippen LogP contribution >= 0.6 is 0 Å². The Morgan fingerprint density at radius 1 is 1.00 bits per heavy atom. The number of amides is 1. The number of anilines is 1. The molecule has 0 fully saturated rings. The van der Waals surface area contributed by atoms with Gasteiger partial charge in [0.25, 0.3) is 5.91 Å². The molecule has 1 amide bonds. The summed E-state index contributed by atoms with van der Waals surface area (Å²) in [6, 6.07) is 16.4. The molecule has 2 heterocycles. The van der Waals surface area contributed by atoms with Crippen molar-refractivity contribution in [3.63, 3.8) is 0 Å². The van der Waals surface area contributed by atoms with Crippen LogP contribution in [0.2, 0.25) is 0 Å². The number of hydrogen-bond donors (Lipinski definition) is 2. The van der Waals surface area contributed by atoms with Gasteiger partial charge < -0.3 is 10.3 Å². The SMILES string of the molecule is O=C(Nc1cc(-c2[nH]c3c(c2Cc2ccccc2)C(=O)CCC3)ccn1)c1ccc(F)c(F)c1. The smallest absolute Gasteiger partial charge is 0.256 e. The van der Waals surface area contributed by atoms with Crippen LogP contribution in [0.3, 0.4) is 0 Å². The van der Waals surface area contributed by atoms with Crippen molar-refractivity contribution in [2.24, 2.45) is 0 Å². The fourth-order valence-corrected chi connectivity index (χ4v) is 4.37. The third-order valence-corrected chi connectivity index (χ3v) is 5.99. The largest absolute Gasteiger partial charge is 0.358 e. The lowest BCUT2D eigenvalue weighted by atomic mass is 9.90. The average molecular weight is 457 g/mol. The Kier molecular flexibility index (Phi) is 5.76. The first-order chi connectivity index (χ1) is 16.5. The topological polar surface area (TPSA) is 74.8 Å². The lowest BCUT2D eigenvalue weighted by molar-refractivity contribution is 0.0970. The van der Waals surface area contributed by atoms with Gasteiger partial charge in [0.15, 0.2) is 17.4 Å². The van der Waals surface area contributed by atoms with E-state index >= 15 is 0 Å².